The Morgan fingerprint density at radius 1 is 1.38 bits per heavy atom. The van der Waals surface area contributed by atoms with Crippen molar-refractivity contribution < 1.29 is 4.79 Å². The lowest BCUT2D eigenvalue weighted by Crippen LogP contribution is -2.47. The van der Waals surface area contributed by atoms with Crippen molar-refractivity contribution in [2.45, 2.75) is 26.3 Å². The van der Waals surface area contributed by atoms with Crippen LogP contribution in [0.3, 0.4) is 0 Å². The highest BCUT2D eigenvalue weighted by molar-refractivity contribution is 5.82. The normalized spacial score (nSPS) is 15.2. The highest BCUT2D eigenvalue weighted by Crippen LogP contribution is 2.16. The monoisotopic (exact) mass is 331 g/mol. The summed E-state index contributed by atoms with van der Waals surface area (Å²) in [5, 5.41) is 6.25. The maximum absolute atomic E-state index is 11.5. The molecule has 1 heterocycles. The number of rotatable bonds is 6. The third kappa shape index (κ3) is 5.15. The molecule has 1 aromatic carbocycles. The molecule has 2 N–H and O–H groups in total. The third-order valence-electron chi connectivity index (χ3n) is 4.21. The molecule has 0 atom stereocenters. The van der Waals surface area contributed by atoms with Gasteiger partial charge in [-0.3, -0.25) is 9.79 Å². The Morgan fingerprint density at radius 3 is 2.75 bits per heavy atom. The smallest absolute Gasteiger partial charge is 0.239 e. The fourth-order valence-electron chi connectivity index (χ4n) is 2.75. The molecule has 6 nitrogen and oxygen atoms in total. The Morgan fingerprint density at radius 2 is 2.12 bits per heavy atom. The van der Waals surface area contributed by atoms with E-state index in [9.17, 15) is 4.79 Å². The SMILES string of the molecule is CCCCN(C)C(=NC)NCc1ccc(N2CCNC(=O)C2)cc1. The van der Waals surface area contributed by atoms with Gasteiger partial charge in [0, 0.05) is 46.0 Å². The van der Waals surface area contributed by atoms with E-state index in [0.717, 1.165) is 37.7 Å². The van der Waals surface area contributed by atoms with Gasteiger partial charge in [0.2, 0.25) is 5.91 Å². The maximum Gasteiger partial charge on any atom is 0.239 e. The predicted octanol–water partition coefficient (Wildman–Crippen LogP) is 1.43. The Bertz CT molecular complexity index is 555. The predicted molar refractivity (Wildman–Crippen MR) is 99.4 cm³/mol. The van der Waals surface area contributed by atoms with Gasteiger partial charge >= 0.3 is 0 Å². The number of piperazine rings is 1. The van der Waals surface area contributed by atoms with E-state index in [-0.39, 0.29) is 5.91 Å². The van der Waals surface area contributed by atoms with Crippen molar-refractivity contribution in [2.75, 3.05) is 45.2 Å². The van der Waals surface area contributed by atoms with Crippen molar-refractivity contribution >= 4 is 17.6 Å². The van der Waals surface area contributed by atoms with Crippen LogP contribution in [0, 0.1) is 0 Å². The molecule has 0 saturated carbocycles. The zero-order chi connectivity index (χ0) is 17.4. The Balaban J connectivity index is 1.88. The van der Waals surface area contributed by atoms with E-state index in [1.807, 2.05) is 7.05 Å². The quantitative estimate of drug-likeness (QED) is 0.612. The first kappa shape index (κ1) is 18.1. The Labute approximate surface area is 144 Å². The van der Waals surface area contributed by atoms with Crippen molar-refractivity contribution in [2.24, 2.45) is 4.99 Å². The molecule has 0 aromatic heterocycles. The molecular weight excluding hydrogens is 302 g/mol. The molecule has 24 heavy (non-hydrogen) atoms. The number of aliphatic imine (C=N–C) groups is 1. The van der Waals surface area contributed by atoms with Crippen LogP contribution in [0.4, 0.5) is 5.69 Å². The maximum atomic E-state index is 11.5. The number of benzene rings is 1. The number of carbonyl (C=O) groups excluding carboxylic acids is 1. The van der Waals surface area contributed by atoms with E-state index >= 15 is 0 Å². The molecule has 6 heteroatoms. The molecule has 1 saturated heterocycles. The molecule has 0 aliphatic carbocycles. The number of nitrogens with one attached hydrogen (secondary N) is 2. The van der Waals surface area contributed by atoms with Crippen LogP contribution in [-0.4, -0.2) is 57.0 Å². The summed E-state index contributed by atoms with van der Waals surface area (Å²) in [4.78, 5) is 20.1. The first-order chi connectivity index (χ1) is 11.6. The topological polar surface area (TPSA) is 60.0 Å². The van der Waals surface area contributed by atoms with Crippen molar-refractivity contribution in [3.05, 3.63) is 29.8 Å². The average molecular weight is 331 g/mol. The Hall–Kier alpha value is -2.24. The number of hydrogen-bond acceptors (Lipinski definition) is 3. The summed E-state index contributed by atoms with van der Waals surface area (Å²) in [6, 6.07) is 8.38. The van der Waals surface area contributed by atoms with Gasteiger partial charge in [-0.15, -0.1) is 0 Å². The first-order valence-electron chi connectivity index (χ1n) is 8.66. The first-order valence-corrected chi connectivity index (χ1v) is 8.66. The number of amides is 1. The van der Waals surface area contributed by atoms with E-state index in [2.05, 4.69) is 63.7 Å². The van der Waals surface area contributed by atoms with Gasteiger partial charge in [0.1, 0.15) is 0 Å². The number of guanidine groups is 1. The van der Waals surface area contributed by atoms with Crippen LogP contribution >= 0.6 is 0 Å². The number of carbonyl (C=O) groups is 1. The zero-order valence-corrected chi connectivity index (χ0v) is 15.0. The molecule has 132 valence electrons. The van der Waals surface area contributed by atoms with Gasteiger partial charge in [0.05, 0.1) is 6.54 Å². The van der Waals surface area contributed by atoms with E-state index in [4.69, 9.17) is 0 Å². The van der Waals surface area contributed by atoms with Gasteiger partial charge in [-0.1, -0.05) is 25.5 Å². The number of unbranched alkanes of at least 4 members (excludes halogenated alkanes) is 1. The molecule has 1 aliphatic heterocycles. The minimum Gasteiger partial charge on any atom is -0.360 e. The molecule has 1 aliphatic rings. The molecule has 0 spiro atoms. The second kappa shape index (κ2) is 9.15. The van der Waals surface area contributed by atoms with Gasteiger partial charge < -0.3 is 20.4 Å². The van der Waals surface area contributed by atoms with E-state index in [1.165, 1.54) is 12.0 Å². The molecular formula is C18H29N5O. The lowest BCUT2D eigenvalue weighted by atomic mass is 10.2. The molecule has 2 rings (SSSR count). The molecule has 0 bridgehead atoms. The van der Waals surface area contributed by atoms with Crippen LogP contribution in [0.2, 0.25) is 0 Å². The summed E-state index contributed by atoms with van der Waals surface area (Å²) in [6.07, 6.45) is 2.34. The fraction of sp³-hybridized carbons (Fsp3) is 0.556. The number of anilines is 1. The van der Waals surface area contributed by atoms with Crippen molar-refractivity contribution in [1.29, 1.82) is 0 Å². The lowest BCUT2D eigenvalue weighted by molar-refractivity contribution is -0.120. The van der Waals surface area contributed by atoms with Crippen LogP contribution in [0.1, 0.15) is 25.3 Å². The standard InChI is InChI=1S/C18H29N5O/c1-4-5-11-22(3)18(19-2)21-13-15-6-8-16(9-7-15)23-12-10-20-17(24)14-23/h6-9H,4-5,10-14H2,1-3H3,(H,19,21)(H,20,24). The van der Waals surface area contributed by atoms with Gasteiger partial charge in [-0.2, -0.15) is 0 Å². The minimum absolute atomic E-state index is 0.0888. The highest BCUT2D eigenvalue weighted by atomic mass is 16.2. The summed E-state index contributed by atoms with van der Waals surface area (Å²) in [6.45, 7) is 5.95. The fourth-order valence-corrected chi connectivity index (χ4v) is 2.75. The molecule has 1 aromatic rings. The van der Waals surface area contributed by atoms with Crippen molar-refractivity contribution in [3.63, 3.8) is 0 Å². The molecule has 0 unspecified atom stereocenters. The van der Waals surface area contributed by atoms with Crippen molar-refractivity contribution in [3.8, 4) is 0 Å². The second-order valence-electron chi connectivity index (χ2n) is 6.11. The van der Waals surface area contributed by atoms with Crippen LogP contribution in [0.15, 0.2) is 29.3 Å². The van der Waals surface area contributed by atoms with Gasteiger partial charge in [0.25, 0.3) is 0 Å². The second-order valence-corrected chi connectivity index (χ2v) is 6.11. The number of nitrogens with zero attached hydrogens (tertiary/aromatic N) is 3. The molecule has 0 radical (unpaired) electrons. The van der Waals surface area contributed by atoms with Crippen LogP contribution in [0.5, 0.6) is 0 Å². The van der Waals surface area contributed by atoms with Crippen LogP contribution < -0.4 is 15.5 Å². The van der Waals surface area contributed by atoms with E-state index in [0.29, 0.717) is 13.1 Å². The van der Waals surface area contributed by atoms with Crippen molar-refractivity contribution in [1.82, 2.24) is 15.5 Å². The summed E-state index contributed by atoms with van der Waals surface area (Å²) in [5.74, 6) is 1.01. The third-order valence-corrected chi connectivity index (χ3v) is 4.21. The summed E-state index contributed by atoms with van der Waals surface area (Å²) in [7, 11) is 3.88. The summed E-state index contributed by atoms with van der Waals surface area (Å²) >= 11 is 0. The Kier molecular flexibility index (Phi) is 6.90. The zero-order valence-electron chi connectivity index (χ0n) is 15.0. The largest absolute Gasteiger partial charge is 0.360 e. The van der Waals surface area contributed by atoms with Crippen LogP contribution in [-0.2, 0) is 11.3 Å². The van der Waals surface area contributed by atoms with E-state index in [1.54, 1.807) is 0 Å². The summed E-state index contributed by atoms with van der Waals surface area (Å²) in [5.41, 5.74) is 2.29. The lowest BCUT2D eigenvalue weighted by Gasteiger charge is -2.28. The number of hydrogen-bond donors (Lipinski definition) is 2. The van der Waals surface area contributed by atoms with Crippen LogP contribution in [0.25, 0.3) is 0 Å². The van der Waals surface area contributed by atoms with Gasteiger partial charge in [0.15, 0.2) is 5.96 Å². The molecule has 1 fully saturated rings. The molecule has 1 amide bonds. The van der Waals surface area contributed by atoms with Gasteiger partial charge in [-0.25, -0.2) is 0 Å². The highest BCUT2D eigenvalue weighted by Gasteiger charge is 2.16. The minimum atomic E-state index is 0.0888. The van der Waals surface area contributed by atoms with Gasteiger partial charge in [-0.05, 0) is 24.1 Å². The summed E-state index contributed by atoms with van der Waals surface area (Å²) < 4.78 is 0. The average Bonchev–Trinajstić information content (AvgIpc) is 2.61. The van der Waals surface area contributed by atoms with E-state index < -0.39 is 0 Å².